The van der Waals surface area contributed by atoms with Crippen LogP contribution in [0.1, 0.15) is 77.4 Å². The van der Waals surface area contributed by atoms with Crippen LogP contribution < -0.4 is 10.6 Å². The molecule has 3 aliphatic heterocycles. The summed E-state index contributed by atoms with van der Waals surface area (Å²) in [6.07, 6.45) is 4.07. The molecule has 8 heteroatoms. The van der Waals surface area contributed by atoms with Gasteiger partial charge in [0, 0.05) is 43.0 Å². The maximum Gasteiger partial charge on any atom is 0.257 e. The lowest BCUT2D eigenvalue weighted by Crippen LogP contribution is -2.54. The van der Waals surface area contributed by atoms with Crippen LogP contribution in [0.15, 0.2) is 36.4 Å². The number of nitrogens with zero attached hydrogens (tertiary/aromatic N) is 2. The number of carbonyl (C=O) groups is 2. The second kappa shape index (κ2) is 9.42. The van der Waals surface area contributed by atoms with E-state index < -0.39 is 24.4 Å². The number of piperidine rings is 1. The molecule has 1 saturated carbocycles. The summed E-state index contributed by atoms with van der Waals surface area (Å²) in [5, 5.41) is 26.7. The molecule has 1 aliphatic carbocycles. The van der Waals surface area contributed by atoms with E-state index in [1.165, 1.54) is 54.8 Å². The molecule has 2 saturated heterocycles. The molecule has 2 aromatic rings. The van der Waals surface area contributed by atoms with E-state index in [-0.39, 0.29) is 5.91 Å². The van der Waals surface area contributed by atoms with E-state index in [0.29, 0.717) is 41.6 Å². The van der Waals surface area contributed by atoms with Crippen molar-refractivity contribution in [3.05, 3.63) is 64.2 Å². The number of nitrogens with one attached hydrogen (secondary N) is 2. The van der Waals surface area contributed by atoms with Crippen LogP contribution in [0, 0.1) is 12.3 Å². The molecule has 3 heterocycles. The van der Waals surface area contributed by atoms with Gasteiger partial charge in [-0.1, -0.05) is 37.1 Å². The van der Waals surface area contributed by atoms with E-state index in [1.54, 1.807) is 12.1 Å². The first kappa shape index (κ1) is 24.4. The van der Waals surface area contributed by atoms with Crippen LogP contribution in [-0.4, -0.2) is 57.2 Å². The summed E-state index contributed by atoms with van der Waals surface area (Å²) in [5.41, 5.74) is 5.96. The number of benzene rings is 2. The number of hydrogen-bond acceptors (Lipinski definition) is 6. The molecule has 2 amide bonds. The Balaban J connectivity index is 1.12. The Morgan fingerprint density at radius 2 is 1.86 bits per heavy atom. The van der Waals surface area contributed by atoms with Gasteiger partial charge in [-0.2, -0.15) is 0 Å². The molecule has 6 rings (SSSR count). The maximum absolute atomic E-state index is 13.1. The first-order valence-electron chi connectivity index (χ1n) is 13.5. The summed E-state index contributed by atoms with van der Waals surface area (Å²) in [4.78, 5) is 29.4. The van der Waals surface area contributed by atoms with Crippen molar-refractivity contribution in [1.82, 2.24) is 15.1 Å². The zero-order chi connectivity index (χ0) is 25.7. The van der Waals surface area contributed by atoms with Gasteiger partial charge in [-0.3, -0.25) is 19.4 Å². The fourth-order valence-electron chi connectivity index (χ4n) is 6.87. The monoisotopic (exact) mass is 504 g/mol. The second-order valence-corrected chi connectivity index (χ2v) is 11.4. The third kappa shape index (κ3) is 4.41. The smallest absolute Gasteiger partial charge is 0.257 e. The Morgan fingerprint density at radius 1 is 1.08 bits per heavy atom. The van der Waals surface area contributed by atoms with Gasteiger partial charge in [-0.05, 0) is 66.8 Å². The molecule has 0 bridgehead atoms. The molecule has 1 spiro atoms. The normalized spacial score (nSPS) is 26.8. The van der Waals surface area contributed by atoms with Gasteiger partial charge in [0.15, 0.2) is 6.23 Å². The van der Waals surface area contributed by atoms with Crippen molar-refractivity contribution in [3.8, 4) is 0 Å². The van der Waals surface area contributed by atoms with E-state index in [4.69, 9.17) is 0 Å². The maximum atomic E-state index is 13.1. The number of fused-ring (bicyclic) bond motifs is 1. The summed E-state index contributed by atoms with van der Waals surface area (Å²) in [5.74, 6) is -0.811. The van der Waals surface area contributed by atoms with Crippen LogP contribution in [0.3, 0.4) is 0 Å². The predicted octanol–water partition coefficient (Wildman–Crippen LogP) is 3.03. The summed E-state index contributed by atoms with van der Waals surface area (Å²) < 4.78 is 0. The van der Waals surface area contributed by atoms with Gasteiger partial charge in [-0.25, -0.2) is 0 Å². The number of hydrogen-bond donors (Lipinski definition) is 4. The average Bonchev–Trinajstić information content (AvgIpc) is 3.43. The van der Waals surface area contributed by atoms with Gasteiger partial charge >= 0.3 is 0 Å². The number of aliphatic hydroxyl groups is 2. The number of anilines is 1. The summed E-state index contributed by atoms with van der Waals surface area (Å²) in [6, 6.07) is 11.1. The van der Waals surface area contributed by atoms with Crippen LogP contribution in [0.25, 0.3) is 0 Å². The molecule has 3 fully saturated rings. The zero-order valence-corrected chi connectivity index (χ0v) is 21.4. The highest BCUT2D eigenvalue weighted by atomic mass is 16.3. The minimum absolute atomic E-state index is 0.302. The molecule has 4 N–H and O–H groups in total. The molecule has 2 aromatic carbocycles. The third-order valence-corrected chi connectivity index (χ3v) is 8.82. The van der Waals surface area contributed by atoms with Crippen molar-refractivity contribution >= 4 is 17.5 Å². The van der Waals surface area contributed by atoms with Crippen LogP contribution in [0.5, 0.6) is 0 Å². The lowest BCUT2D eigenvalue weighted by Gasteiger charge is -2.48. The molecule has 196 valence electrons. The molecule has 0 aromatic heterocycles. The number of likely N-dealkylation sites (tertiary alicyclic amines) is 1. The van der Waals surface area contributed by atoms with Crippen LogP contribution in [-0.2, 0) is 17.9 Å². The first-order chi connectivity index (χ1) is 17.8. The molecule has 0 radical (unpaired) electrons. The first-order valence-corrected chi connectivity index (χ1v) is 13.5. The predicted molar refractivity (Wildman–Crippen MR) is 139 cm³/mol. The Labute approximate surface area is 217 Å². The summed E-state index contributed by atoms with van der Waals surface area (Å²) >= 11 is 0. The van der Waals surface area contributed by atoms with Gasteiger partial charge < -0.3 is 20.8 Å². The number of rotatable bonds is 6. The molecular formula is C29H36N4O4. The lowest BCUT2D eigenvalue weighted by molar-refractivity contribution is -0.136. The van der Waals surface area contributed by atoms with Crippen molar-refractivity contribution in [3.63, 3.8) is 0 Å². The Bertz CT molecular complexity index is 1220. The van der Waals surface area contributed by atoms with Crippen LogP contribution >= 0.6 is 0 Å². The SMILES string of the molecule is Cc1cc(CNc2cccc3c2C(O)N(C2CCC(O)NC2=O)C3=O)ccc1CN1CC2(CCCC2)C1. The topological polar surface area (TPSA) is 105 Å². The average molecular weight is 505 g/mol. The van der Waals surface area contributed by atoms with E-state index >= 15 is 0 Å². The quantitative estimate of drug-likeness (QED) is 0.482. The Hall–Kier alpha value is -2.94. The van der Waals surface area contributed by atoms with E-state index in [0.717, 1.165) is 12.1 Å². The van der Waals surface area contributed by atoms with Gasteiger partial charge in [0.05, 0.1) is 0 Å². The van der Waals surface area contributed by atoms with Crippen LogP contribution in [0.4, 0.5) is 5.69 Å². The van der Waals surface area contributed by atoms with E-state index in [9.17, 15) is 19.8 Å². The largest absolute Gasteiger partial charge is 0.381 e. The Kier molecular flexibility index (Phi) is 6.21. The standard InChI is InChI=1S/C29H36N4O4/c1-18-13-19(7-8-20(18)15-32-16-29(17-32)11-2-3-12-29)14-30-22-6-4-5-21-25(22)28(37)33(27(21)36)23-9-10-24(34)31-26(23)35/h4-8,13,23-24,28,30,34,37H,2-3,9-12,14-17H2,1H3,(H,31,35). The molecule has 3 unspecified atom stereocenters. The van der Waals surface area contributed by atoms with Crippen molar-refractivity contribution in [2.24, 2.45) is 5.41 Å². The molecule has 3 atom stereocenters. The molecule has 37 heavy (non-hydrogen) atoms. The summed E-state index contributed by atoms with van der Waals surface area (Å²) in [7, 11) is 0. The number of aliphatic hydroxyl groups excluding tert-OH is 2. The molecular weight excluding hydrogens is 468 g/mol. The van der Waals surface area contributed by atoms with E-state index in [2.05, 4.69) is 40.7 Å². The fraction of sp³-hybridized carbons (Fsp3) is 0.517. The molecule has 8 nitrogen and oxygen atoms in total. The van der Waals surface area contributed by atoms with Crippen molar-refractivity contribution < 1.29 is 19.8 Å². The van der Waals surface area contributed by atoms with Gasteiger partial charge in [0.1, 0.15) is 12.3 Å². The fourth-order valence-corrected chi connectivity index (χ4v) is 6.87. The lowest BCUT2D eigenvalue weighted by atomic mass is 9.78. The Morgan fingerprint density at radius 3 is 2.59 bits per heavy atom. The highest BCUT2D eigenvalue weighted by Gasteiger charge is 2.46. The van der Waals surface area contributed by atoms with Crippen LogP contribution in [0.2, 0.25) is 0 Å². The van der Waals surface area contributed by atoms with Gasteiger partial charge in [-0.15, -0.1) is 0 Å². The third-order valence-electron chi connectivity index (χ3n) is 8.82. The van der Waals surface area contributed by atoms with Gasteiger partial charge in [0.25, 0.3) is 5.91 Å². The molecule has 4 aliphatic rings. The van der Waals surface area contributed by atoms with Crippen molar-refractivity contribution in [2.75, 3.05) is 18.4 Å². The van der Waals surface area contributed by atoms with Crippen molar-refractivity contribution in [1.29, 1.82) is 0 Å². The highest BCUT2D eigenvalue weighted by molar-refractivity contribution is 6.03. The summed E-state index contributed by atoms with van der Waals surface area (Å²) in [6.45, 7) is 6.19. The highest BCUT2D eigenvalue weighted by Crippen LogP contribution is 2.46. The van der Waals surface area contributed by atoms with Crippen molar-refractivity contribution in [2.45, 2.75) is 77.0 Å². The van der Waals surface area contributed by atoms with E-state index in [1.807, 2.05) is 6.07 Å². The minimum Gasteiger partial charge on any atom is -0.381 e. The van der Waals surface area contributed by atoms with Gasteiger partial charge in [0.2, 0.25) is 5.91 Å². The number of aryl methyl sites for hydroxylation is 1. The second-order valence-electron chi connectivity index (χ2n) is 11.4. The number of carbonyl (C=O) groups excluding carboxylic acids is 2. The minimum atomic E-state index is -1.22. The number of amides is 2. The zero-order valence-electron chi connectivity index (χ0n) is 21.4.